The second-order valence-electron chi connectivity index (χ2n) is 5.36. The van der Waals surface area contributed by atoms with E-state index in [1.165, 1.54) is 0 Å². The molecule has 24 heavy (non-hydrogen) atoms. The average Bonchev–Trinajstić information content (AvgIpc) is 2.93. The van der Waals surface area contributed by atoms with Gasteiger partial charge in [0.25, 0.3) is 0 Å². The quantitative estimate of drug-likeness (QED) is 0.621. The number of nitrogens with zero attached hydrogens (tertiary/aromatic N) is 4. The lowest BCUT2D eigenvalue weighted by Gasteiger charge is -2.19. The van der Waals surface area contributed by atoms with Crippen LogP contribution in [0.4, 0.5) is 0 Å². The summed E-state index contributed by atoms with van der Waals surface area (Å²) < 4.78 is 7.86. The van der Waals surface area contributed by atoms with Gasteiger partial charge < -0.3 is 4.74 Å². The number of halogens is 2. The Balaban J connectivity index is 1.80. The maximum Gasteiger partial charge on any atom is 0.129 e. The SMILES string of the molecule is Cn1ncc(Cl)c1C(Cc1cccnc1)OCc1ccc(Cl)nc1. The van der Waals surface area contributed by atoms with E-state index in [0.717, 1.165) is 16.8 Å². The fourth-order valence-electron chi connectivity index (χ4n) is 2.44. The topological polar surface area (TPSA) is 52.8 Å². The number of aromatic nitrogens is 4. The Hall–Kier alpha value is -1.95. The normalized spacial score (nSPS) is 12.3. The van der Waals surface area contributed by atoms with Crippen molar-refractivity contribution in [2.75, 3.05) is 0 Å². The lowest BCUT2D eigenvalue weighted by molar-refractivity contribution is 0.0345. The maximum atomic E-state index is 6.30. The molecule has 1 atom stereocenters. The highest BCUT2D eigenvalue weighted by atomic mass is 35.5. The monoisotopic (exact) mass is 362 g/mol. The summed E-state index contributed by atoms with van der Waals surface area (Å²) in [4.78, 5) is 8.23. The number of pyridine rings is 2. The second kappa shape index (κ2) is 7.75. The van der Waals surface area contributed by atoms with Gasteiger partial charge in [-0.1, -0.05) is 35.3 Å². The van der Waals surface area contributed by atoms with Crippen LogP contribution in [0, 0.1) is 0 Å². The molecule has 0 spiro atoms. The lowest BCUT2D eigenvalue weighted by Crippen LogP contribution is -2.13. The molecule has 1 unspecified atom stereocenters. The van der Waals surface area contributed by atoms with Gasteiger partial charge in [0, 0.05) is 32.1 Å². The van der Waals surface area contributed by atoms with Crippen molar-refractivity contribution in [3.8, 4) is 0 Å². The van der Waals surface area contributed by atoms with Crippen molar-refractivity contribution in [1.29, 1.82) is 0 Å². The van der Waals surface area contributed by atoms with Crippen molar-refractivity contribution in [2.24, 2.45) is 7.05 Å². The lowest BCUT2D eigenvalue weighted by atomic mass is 10.1. The first-order valence-corrected chi connectivity index (χ1v) is 8.17. The summed E-state index contributed by atoms with van der Waals surface area (Å²) in [7, 11) is 1.85. The van der Waals surface area contributed by atoms with Gasteiger partial charge in [-0.2, -0.15) is 5.10 Å². The summed E-state index contributed by atoms with van der Waals surface area (Å²) in [5, 5.41) is 5.25. The van der Waals surface area contributed by atoms with Crippen LogP contribution in [0.2, 0.25) is 10.2 Å². The van der Waals surface area contributed by atoms with E-state index in [4.69, 9.17) is 27.9 Å². The summed E-state index contributed by atoms with van der Waals surface area (Å²) in [5.74, 6) is 0. The Morgan fingerprint density at radius 3 is 2.62 bits per heavy atom. The average molecular weight is 363 g/mol. The van der Waals surface area contributed by atoms with Crippen molar-refractivity contribution in [3.05, 3.63) is 76.0 Å². The zero-order valence-electron chi connectivity index (χ0n) is 13.1. The molecule has 0 bridgehead atoms. The highest BCUT2D eigenvalue weighted by Crippen LogP contribution is 2.29. The number of hydrogen-bond donors (Lipinski definition) is 0. The molecular formula is C17H16Cl2N4O. The fourth-order valence-corrected chi connectivity index (χ4v) is 2.84. The van der Waals surface area contributed by atoms with Crippen molar-refractivity contribution in [2.45, 2.75) is 19.1 Å². The van der Waals surface area contributed by atoms with Crippen LogP contribution in [-0.4, -0.2) is 19.7 Å². The molecule has 0 amide bonds. The van der Waals surface area contributed by atoms with E-state index in [9.17, 15) is 0 Å². The minimum atomic E-state index is -0.245. The number of rotatable bonds is 6. The molecule has 3 rings (SSSR count). The standard InChI is InChI=1S/C17H16Cl2N4O/c1-23-17(14(18)10-22-23)15(7-12-3-2-6-20-8-12)24-11-13-4-5-16(19)21-9-13/h2-6,8-10,15H,7,11H2,1H3. The van der Waals surface area contributed by atoms with Crippen molar-refractivity contribution in [1.82, 2.24) is 19.7 Å². The third-order valence-electron chi connectivity index (χ3n) is 3.63. The molecule has 0 aliphatic rings. The fraction of sp³-hybridized carbons (Fsp3) is 0.235. The Kier molecular flexibility index (Phi) is 5.45. The van der Waals surface area contributed by atoms with Gasteiger partial charge in [-0.3, -0.25) is 9.67 Å². The Morgan fingerprint density at radius 2 is 2.00 bits per heavy atom. The minimum absolute atomic E-state index is 0.245. The number of ether oxygens (including phenoxy) is 1. The van der Waals surface area contributed by atoms with Crippen LogP contribution in [-0.2, 0) is 24.8 Å². The molecule has 0 saturated carbocycles. The summed E-state index contributed by atoms with van der Waals surface area (Å²) >= 11 is 12.1. The Labute approximate surface area is 150 Å². The summed E-state index contributed by atoms with van der Waals surface area (Å²) in [6.07, 6.45) is 7.30. The predicted octanol–water partition coefficient (Wildman–Crippen LogP) is 4.02. The second-order valence-corrected chi connectivity index (χ2v) is 6.15. The van der Waals surface area contributed by atoms with E-state index >= 15 is 0 Å². The molecule has 0 N–H and O–H groups in total. The molecule has 7 heteroatoms. The Morgan fingerprint density at radius 1 is 1.12 bits per heavy atom. The van der Waals surface area contributed by atoms with Crippen LogP contribution in [0.3, 0.4) is 0 Å². The largest absolute Gasteiger partial charge is 0.367 e. The van der Waals surface area contributed by atoms with Crippen molar-refractivity contribution in [3.63, 3.8) is 0 Å². The molecule has 3 heterocycles. The van der Waals surface area contributed by atoms with Gasteiger partial charge in [0.05, 0.1) is 23.5 Å². The molecule has 3 aromatic rings. The van der Waals surface area contributed by atoms with E-state index in [-0.39, 0.29) is 6.10 Å². The van der Waals surface area contributed by atoms with E-state index in [1.54, 1.807) is 29.3 Å². The first-order valence-electron chi connectivity index (χ1n) is 7.42. The van der Waals surface area contributed by atoms with Gasteiger partial charge in [0.1, 0.15) is 11.3 Å². The van der Waals surface area contributed by atoms with Crippen LogP contribution in [0.15, 0.2) is 49.1 Å². The third kappa shape index (κ3) is 4.12. The van der Waals surface area contributed by atoms with Crippen LogP contribution in [0.5, 0.6) is 0 Å². The molecule has 0 aromatic carbocycles. The minimum Gasteiger partial charge on any atom is -0.367 e. The molecule has 0 aliphatic heterocycles. The number of hydrogen-bond acceptors (Lipinski definition) is 4. The number of aryl methyl sites for hydroxylation is 1. The third-order valence-corrected chi connectivity index (χ3v) is 4.14. The van der Waals surface area contributed by atoms with Crippen LogP contribution in [0.1, 0.15) is 22.9 Å². The van der Waals surface area contributed by atoms with Crippen molar-refractivity contribution >= 4 is 23.2 Å². The van der Waals surface area contributed by atoms with Gasteiger partial charge in [-0.05, 0) is 23.3 Å². The van der Waals surface area contributed by atoms with Gasteiger partial charge in [-0.15, -0.1) is 0 Å². The van der Waals surface area contributed by atoms with Gasteiger partial charge in [0.2, 0.25) is 0 Å². The van der Waals surface area contributed by atoms with E-state index in [0.29, 0.717) is 23.2 Å². The van der Waals surface area contributed by atoms with E-state index in [1.807, 2.05) is 31.4 Å². The van der Waals surface area contributed by atoms with Crippen LogP contribution in [0.25, 0.3) is 0 Å². The molecule has 3 aromatic heterocycles. The molecule has 0 radical (unpaired) electrons. The van der Waals surface area contributed by atoms with Gasteiger partial charge in [0.15, 0.2) is 0 Å². The zero-order valence-corrected chi connectivity index (χ0v) is 14.6. The summed E-state index contributed by atoms with van der Waals surface area (Å²) in [6.45, 7) is 0.399. The van der Waals surface area contributed by atoms with Gasteiger partial charge >= 0.3 is 0 Å². The van der Waals surface area contributed by atoms with Crippen molar-refractivity contribution < 1.29 is 4.74 Å². The van der Waals surface area contributed by atoms with Gasteiger partial charge in [-0.25, -0.2) is 4.98 Å². The maximum absolute atomic E-state index is 6.30. The predicted molar refractivity (Wildman–Crippen MR) is 92.9 cm³/mol. The van der Waals surface area contributed by atoms with Crippen LogP contribution < -0.4 is 0 Å². The zero-order chi connectivity index (χ0) is 16.9. The van der Waals surface area contributed by atoms with Crippen LogP contribution >= 0.6 is 23.2 Å². The smallest absolute Gasteiger partial charge is 0.129 e. The molecule has 0 saturated heterocycles. The van der Waals surface area contributed by atoms with E-state index in [2.05, 4.69) is 15.1 Å². The first-order chi connectivity index (χ1) is 11.6. The van der Waals surface area contributed by atoms with E-state index < -0.39 is 0 Å². The molecule has 124 valence electrons. The molecular weight excluding hydrogens is 347 g/mol. The highest BCUT2D eigenvalue weighted by Gasteiger charge is 2.21. The molecule has 0 fully saturated rings. The first kappa shape index (κ1) is 16.9. The molecule has 5 nitrogen and oxygen atoms in total. The highest BCUT2D eigenvalue weighted by molar-refractivity contribution is 6.31. The summed E-state index contributed by atoms with van der Waals surface area (Å²) in [5.41, 5.74) is 2.84. The summed E-state index contributed by atoms with van der Waals surface area (Å²) in [6, 6.07) is 7.55. The Bertz CT molecular complexity index is 771. The molecule has 0 aliphatic carbocycles.